The fraction of sp³-hybridized carbons (Fsp3) is 0.600. The van der Waals surface area contributed by atoms with Gasteiger partial charge in [-0.05, 0) is 37.6 Å². The average molecular weight is 457 g/mol. The molecule has 8 nitrogen and oxygen atoms in total. The maximum atomic E-state index is 13.6. The number of aromatic nitrogens is 1. The van der Waals surface area contributed by atoms with Crippen molar-refractivity contribution in [1.82, 2.24) is 20.5 Å². The summed E-state index contributed by atoms with van der Waals surface area (Å²) in [5, 5.41) is 7.47. The number of carbonyl (C=O) groups is 2. The molecule has 0 unspecified atom stereocenters. The number of para-hydroxylation sites is 1. The van der Waals surface area contributed by atoms with Gasteiger partial charge >= 0.3 is 0 Å². The summed E-state index contributed by atoms with van der Waals surface area (Å²) in [4.78, 5) is 31.7. The quantitative estimate of drug-likeness (QED) is 0.594. The number of H-pyrrole nitrogens is 1. The molecule has 2 amide bonds. The minimum atomic E-state index is -0.681. The van der Waals surface area contributed by atoms with Crippen LogP contribution in [0.25, 0.3) is 10.9 Å². The van der Waals surface area contributed by atoms with Crippen LogP contribution in [0.4, 0.5) is 0 Å². The van der Waals surface area contributed by atoms with Crippen molar-refractivity contribution in [3.63, 3.8) is 0 Å². The molecule has 0 spiro atoms. The molecule has 2 fully saturated rings. The van der Waals surface area contributed by atoms with Gasteiger partial charge < -0.3 is 30.0 Å². The predicted octanol–water partition coefficient (Wildman–Crippen LogP) is 2.22. The molecular weight excluding hydrogens is 420 g/mol. The molecule has 0 bridgehead atoms. The van der Waals surface area contributed by atoms with Crippen LogP contribution in [-0.4, -0.2) is 73.9 Å². The van der Waals surface area contributed by atoms with E-state index in [1.807, 2.05) is 37.4 Å². The summed E-state index contributed by atoms with van der Waals surface area (Å²) in [5.74, 6) is -0.125. The Labute approximate surface area is 195 Å². The molecule has 4 rings (SSSR count). The Bertz CT molecular complexity index is 947. The molecule has 180 valence electrons. The maximum absolute atomic E-state index is 13.6. The van der Waals surface area contributed by atoms with E-state index in [2.05, 4.69) is 22.5 Å². The van der Waals surface area contributed by atoms with Crippen molar-refractivity contribution in [1.29, 1.82) is 0 Å². The molecule has 0 aliphatic carbocycles. The summed E-state index contributed by atoms with van der Waals surface area (Å²) in [6.45, 7) is 7.28. The number of rotatable bonds is 7. The van der Waals surface area contributed by atoms with E-state index >= 15 is 0 Å². The van der Waals surface area contributed by atoms with Gasteiger partial charge in [0.05, 0.1) is 19.8 Å². The van der Waals surface area contributed by atoms with Crippen LogP contribution in [0.1, 0.15) is 38.2 Å². The number of likely N-dealkylation sites (N-methyl/N-ethyl adjacent to an activating group) is 1. The number of benzene rings is 1. The van der Waals surface area contributed by atoms with Gasteiger partial charge in [-0.1, -0.05) is 32.0 Å². The lowest BCUT2D eigenvalue weighted by atomic mass is 9.90. The van der Waals surface area contributed by atoms with E-state index in [0.717, 1.165) is 42.4 Å². The van der Waals surface area contributed by atoms with E-state index in [9.17, 15) is 9.59 Å². The molecule has 1 aromatic carbocycles. The van der Waals surface area contributed by atoms with Crippen LogP contribution in [0.2, 0.25) is 0 Å². The largest absolute Gasteiger partial charge is 0.361 e. The van der Waals surface area contributed by atoms with Crippen molar-refractivity contribution in [2.75, 3.05) is 39.9 Å². The number of amides is 2. The normalized spacial score (nSPS) is 23.7. The fourth-order valence-electron chi connectivity index (χ4n) is 4.70. The van der Waals surface area contributed by atoms with Gasteiger partial charge in [0, 0.05) is 41.9 Å². The summed E-state index contributed by atoms with van der Waals surface area (Å²) in [5.41, 5.74) is 2.03. The summed E-state index contributed by atoms with van der Waals surface area (Å²) in [6, 6.07) is 7.34. The lowest BCUT2D eigenvalue weighted by Crippen LogP contribution is -2.53. The lowest BCUT2D eigenvalue weighted by Gasteiger charge is -2.34. The maximum Gasteiger partial charge on any atom is 0.245 e. The molecule has 33 heavy (non-hydrogen) atoms. The highest BCUT2D eigenvalue weighted by Gasteiger charge is 2.35. The standard InChI is InChI=1S/C25H36N4O4/c1-16-14-32-22(33-15-16)13-29(3)25(31)23(28-24(30)18-8-10-26-11-9-18)17(2)20-12-27-21-7-5-4-6-19(20)21/h4-7,12,16-18,22-23,26-27H,8-11,13-15H2,1-3H3,(H,28,30)/t16?,17-,22?,23+/m0/s1. The topological polar surface area (TPSA) is 95.7 Å². The second-order valence-corrected chi connectivity index (χ2v) is 9.51. The number of fused-ring (bicyclic) bond motifs is 1. The number of hydrogen-bond acceptors (Lipinski definition) is 5. The highest BCUT2D eigenvalue weighted by molar-refractivity contribution is 5.91. The van der Waals surface area contributed by atoms with Gasteiger partial charge in [-0.25, -0.2) is 0 Å². The van der Waals surface area contributed by atoms with Crippen LogP contribution in [0.15, 0.2) is 30.5 Å². The van der Waals surface area contributed by atoms with E-state index in [1.165, 1.54) is 0 Å². The Morgan fingerprint density at radius 1 is 1.18 bits per heavy atom. The third-order valence-corrected chi connectivity index (χ3v) is 6.82. The number of hydrogen-bond donors (Lipinski definition) is 3. The van der Waals surface area contributed by atoms with E-state index in [0.29, 0.717) is 25.7 Å². The van der Waals surface area contributed by atoms with Crippen molar-refractivity contribution in [2.24, 2.45) is 11.8 Å². The zero-order valence-corrected chi connectivity index (χ0v) is 19.8. The van der Waals surface area contributed by atoms with Gasteiger partial charge in [-0.15, -0.1) is 0 Å². The van der Waals surface area contributed by atoms with Gasteiger partial charge in [-0.3, -0.25) is 9.59 Å². The molecule has 0 radical (unpaired) electrons. The number of nitrogens with one attached hydrogen (secondary N) is 3. The Kier molecular flexibility index (Phi) is 7.67. The molecule has 2 aromatic rings. The Hall–Kier alpha value is -2.42. The second kappa shape index (κ2) is 10.7. The molecule has 2 aliphatic heterocycles. The van der Waals surface area contributed by atoms with Crippen LogP contribution < -0.4 is 10.6 Å². The zero-order chi connectivity index (χ0) is 23.4. The van der Waals surface area contributed by atoms with Gasteiger partial charge in [0.25, 0.3) is 0 Å². The third-order valence-electron chi connectivity index (χ3n) is 6.82. The lowest BCUT2D eigenvalue weighted by molar-refractivity contribution is -0.204. The first-order valence-corrected chi connectivity index (χ1v) is 12.0. The first-order chi connectivity index (χ1) is 15.9. The molecule has 8 heteroatoms. The van der Waals surface area contributed by atoms with Crippen LogP contribution >= 0.6 is 0 Å². The molecule has 2 aliphatic rings. The van der Waals surface area contributed by atoms with Crippen molar-refractivity contribution in [2.45, 2.75) is 44.9 Å². The fourth-order valence-corrected chi connectivity index (χ4v) is 4.70. The summed E-state index contributed by atoms with van der Waals surface area (Å²) < 4.78 is 11.5. The number of aromatic amines is 1. The van der Waals surface area contributed by atoms with Crippen molar-refractivity contribution in [3.8, 4) is 0 Å². The third kappa shape index (κ3) is 5.57. The molecular formula is C25H36N4O4. The Morgan fingerprint density at radius 3 is 2.61 bits per heavy atom. The van der Waals surface area contributed by atoms with E-state index in [4.69, 9.17) is 9.47 Å². The number of ether oxygens (including phenoxy) is 2. The van der Waals surface area contributed by atoms with Crippen LogP contribution in [0.5, 0.6) is 0 Å². The molecule has 3 N–H and O–H groups in total. The number of piperidine rings is 1. The van der Waals surface area contributed by atoms with Crippen molar-refractivity contribution < 1.29 is 19.1 Å². The van der Waals surface area contributed by atoms with Gasteiger partial charge in [-0.2, -0.15) is 0 Å². The SMILES string of the molecule is CC1COC(CN(C)C(=O)[C@H](NC(=O)C2CCNCC2)[C@@H](C)c2c[nH]c3ccccc23)OC1. The summed E-state index contributed by atoms with van der Waals surface area (Å²) >= 11 is 0. The monoisotopic (exact) mass is 456 g/mol. The van der Waals surface area contributed by atoms with E-state index in [-0.39, 0.29) is 23.7 Å². The summed E-state index contributed by atoms with van der Waals surface area (Å²) in [7, 11) is 1.75. The highest BCUT2D eigenvalue weighted by Crippen LogP contribution is 2.29. The Balaban J connectivity index is 1.53. The van der Waals surface area contributed by atoms with Crippen LogP contribution in [0, 0.1) is 11.8 Å². The van der Waals surface area contributed by atoms with E-state index in [1.54, 1.807) is 11.9 Å². The zero-order valence-electron chi connectivity index (χ0n) is 19.8. The average Bonchev–Trinajstić information content (AvgIpc) is 3.27. The van der Waals surface area contributed by atoms with Crippen molar-refractivity contribution in [3.05, 3.63) is 36.0 Å². The molecule has 3 heterocycles. The molecule has 2 saturated heterocycles. The first-order valence-electron chi connectivity index (χ1n) is 12.0. The minimum absolute atomic E-state index is 0.0473. The minimum Gasteiger partial charge on any atom is -0.361 e. The molecule has 2 atom stereocenters. The van der Waals surface area contributed by atoms with Crippen molar-refractivity contribution >= 4 is 22.7 Å². The highest BCUT2D eigenvalue weighted by atomic mass is 16.7. The molecule has 0 saturated carbocycles. The summed E-state index contributed by atoms with van der Waals surface area (Å²) in [6.07, 6.45) is 3.07. The van der Waals surface area contributed by atoms with Crippen LogP contribution in [0.3, 0.4) is 0 Å². The smallest absolute Gasteiger partial charge is 0.245 e. The Morgan fingerprint density at radius 2 is 1.88 bits per heavy atom. The first kappa shape index (κ1) is 23.7. The second-order valence-electron chi connectivity index (χ2n) is 9.51. The number of nitrogens with zero attached hydrogens (tertiary/aromatic N) is 1. The van der Waals surface area contributed by atoms with E-state index < -0.39 is 12.3 Å². The molecule has 1 aromatic heterocycles. The number of carbonyl (C=O) groups excluding carboxylic acids is 2. The van der Waals surface area contributed by atoms with Gasteiger partial charge in [0.15, 0.2) is 6.29 Å². The van der Waals surface area contributed by atoms with Gasteiger partial charge in [0.1, 0.15) is 6.04 Å². The van der Waals surface area contributed by atoms with Crippen LogP contribution in [-0.2, 0) is 19.1 Å². The predicted molar refractivity (Wildman–Crippen MR) is 127 cm³/mol. The van der Waals surface area contributed by atoms with Gasteiger partial charge in [0.2, 0.25) is 11.8 Å².